The highest BCUT2D eigenvalue weighted by atomic mass is 16.5. The number of hydrogen-bond donors (Lipinski definition) is 0. The molecular formula is C23H23N3O. The van der Waals surface area contributed by atoms with Crippen molar-refractivity contribution in [2.45, 2.75) is 25.7 Å². The largest absolute Gasteiger partial charge is 0.385 e. The zero-order valence-electron chi connectivity index (χ0n) is 15.7. The monoisotopic (exact) mass is 357 g/mol. The predicted molar refractivity (Wildman–Crippen MR) is 106 cm³/mol. The second-order valence-corrected chi connectivity index (χ2v) is 7.06. The molecule has 2 atom stereocenters. The van der Waals surface area contributed by atoms with Crippen LogP contribution in [0.3, 0.4) is 0 Å². The molecule has 136 valence electrons. The number of rotatable bonds is 5. The van der Waals surface area contributed by atoms with Gasteiger partial charge in [-0.1, -0.05) is 29.7 Å². The summed E-state index contributed by atoms with van der Waals surface area (Å²) < 4.78 is 7.18. The molecule has 4 nitrogen and oxygen atoms in total. The van der Waals surface area contributed by atoms with Gasteiger partial charge in [0, 0.05) is 32.0 Å². The van der Waals surface area contributed by atoms with Crippen LogP contribution in [0, 0.1) is 24.7 Å². The average molecular weight is 357 g/mol. The molecule has 2 heterocycles. The summed E-state index contributed by atoms with van der Waals surface area (Å²) in [4.78, 5) is 4.30. The minimum absolute atomic E-state index is 0.472. The van der Waals surface area contributed by atoms with Gasteiger partial charge in [-0.2, -0.15) is 5.10 Å². The molecule has 27 heavy (non-hydrogen) atoms. The molecule has 0 saturated heterocycles. The number of aryl methyl sites for hydroxylation is 1. The van der Waals surface area contributed by atoms with Crippen LogP contribution in [0.15, 0.2) is 54.9 Å². The Morgan fingerprint density at radius 1 is 1.15 bits per heavy atom. The fourth-order valence-electron chi connectivity index (χ4n) is 3.33. The second kappa shape index (κ2) is 7.77. The third-order valence-electron chi connectivity index (χ3n) is 5.00. The maximum atomic E-state index is 5.24. The lowest BCUT2D eigenvalue weighted by molar-refractivity contribution is 0.189. The van der Waals surface area contributed by atoms with E-state index in [-0.39, 0.29) is 0 Å². The van der Waals surface area contributed by atoms with Gasteiger partial charge in [-0.3, -0.25) is 0 Å². The average Bonchev–Trinajstić information content (AvgIpc) is 3.35. The summed E-state index contributed by atoms with van der Waals surface area (Å²) in [6.45, 7) is 2.89. The minimum Gasteiger partial charge on any atom is -0.385 e. The SMILES string of the molecule is COCCC1CC1c1nn(-c2ccc(C)cc2)cc1C#Cc1ccccn1. The molecule has 1 aliphatic rings. The molecule has 0 aliphatic heterocycles. The summed E-state index contributed by atoms with van der Waals surface area (Å²) in [5.74, 6) is 7.59. The molecule has 0 N–H and O–H groups in total. The fourth-order valence-corrected chi connectivity index (χ4v) is 3.33. The van der Waals surface area contributed by atoms with Gasteiger partial charge in [0.1, 0.15) is 5.69 Å². The zero-order valence-corrected chi connectivity index (χ0v) is 15.7. The predicted octanol–water partition coefficient (Wildman–Crippen LogP) is 4.12. The molecule has 0 spiro atoms. The maximum Gasteiger partial charge on any atom is 0.113 e. The van der Waals surface area contributed by atoms with Gasteiger partial charge in [0.15, 0.2) is 0 Å². The maximum absolute atomic E-state index is 5.24. The number of benzene rings is 1. The van der Waals surface area contributed by atoms with Gasteiger partial charge >= 0.3 is 0 Å². The molecule has 4 rings (SSSR count). The molecule has 1 aromatic carbocycles. The third-order valence-corrected chi connectivity index (χ3v) is 5.00. The van der Waals surface area contributed by atoms with Crippen molar-refractivity contribution in [2.75, 3.05) is 13.7 Å². The number of hydrogen-bond acceptors (Lipinski definition) is 3. The molecule has 2 unspecified atom stereocenters. The van der Waals surface area contributed by atoms with Crippen molar-refractivity contribution in [3.8, 4) is 17.5 Å². The quantitative estimate of drug-likeness (QED) is 0.645. The molecule has 0 radical (unpaired) electrons. The van der Waals surface area contributed by atoms with Gasteiger partial charge in [-0.25, -0.2) is 9.67 Å². The molecule has 2 aromatic heterocycles. The summed E-state index contributed by atoms with van der Waals surface area (Å²) >= 11 is 0. The van der Waals surface area contributed by atoms with E-state index in [9.17, 15) is 0 Å². The van der Waals surface area contributed by atoms with Gasteiger partial charge in [-0.05, 0) is 55.9 Å². The first-order chi connectivity index (χ1) is 13.2. The molecule has 1 saturated carbocycles. The van der Waals surface area contributed by atoms with Crippen LogP contribution >= 0.6 is 0 Å². The number of aromatic nitrogens is 3. The standard InChI is InChI=1S/C23H23N3O/c1-17-6-10-21(11-7-17)26-16-19(8-9-20-5-3-4-13-24-20)23(25-26)22-15-18(22)12-14-27-2/h3-7,10-11,13,16,18,22H,12,14-15H2,1-2H3. The molecule has 0 amide bonds. The van der Waals surface area contributed by atoms with Crippen LogP contribution < -0.4 is 0 Å². The Kier molecular flexibility index (Phi) is 5.04. The van der Waals surface area contributed by atoms with Gasteiger partial charge in [0.2, 0.25) is 0 Å². The van der Waals surface area contributed by atoms with Gasteiger partial charge in [-0.15, -0.1) is 0 Å². The van der Waals surface area contributed by atoms with E-state index in [1.54, 1.807) is 13.3 Å². The Morgan fingerprint density at radius 2 is 2.00 bits per heavy atom. The molecule has 0 bridgehead atoms. The van der Waals surface area contributed by atoms with Gasteiger partial charge in [0.25, 0.3) is 0 Å². The van der Waals surface area contributed by atoms with E-state index in [1.165, 1.54) is 5.56 Å². The van der Waals surface area contributed by atoms with Crippen molar-refractivity contribution in [1.29, 1.82) is 0 Å². The minimum atomic E-state index is 0.472. The second-order valence-electron chi connectivity index (χ2n) is 7.06. The Bertz CT molecular complexity index is 964. The van der Waals surface area contributed by atoms with Crippen LogP contribution in [0.2, 0.25) is 0 Å². The molecular weight excluding hydrogens is 334 g/mol. The first kappa shape index (κ1) is 17.5. The van der Waals surface area contributed by atoms with Crippen LogP contribution in [0.25, 0.3) is 5.69 Å². The smallest absolute Gasteiger partial charge is 0.113 e. The van der Waals surface area contributed by atoms with E-state index in [1.807, 2.05) is 29.1 Å². The summed E-state index contributed by atoms with van der Waals surface area (Å²) in [5.41, 5.74) is 5.16. The molecule has 4 heteroatoms. The lowest BCUT2D eigenvalue weighted by Gasteiger charge is -2.01. The molecule has 1 aliphatic carbocycles. The highest BCUT2D eigenvalue weighted by Crippen LogP contribution is 2.49. The number of nitrogens with zero attached hydrogens (tertiary/aromatic N) is 3. The third kappa shape index (κ3) is 4.10. The van der Waals surface area contributed by atoms with E-state index in [0.717, 1.165) is 42.1 Å². The Morgan fingerprint density at radius 3 is 2.74 bits per heavy atom. The van der Waals surface area contributed by atoms with Crippen LogP contribution in [-0.2, 0) is 4.74 Å². The first-order valence-corrected chi connectivity index (χ1v) is 9.33. The van der Waals surface area contributed by atoms with Crippen molar-refractivity contribution in [2.24, 2.45) is 5.92 Å². The van der Waals surface area contributed by atoms with E-state index in [4.69, 9.17) is 9.84 Å². The van der Waals surface area contributed by atoms with Gasteiger partial charge < -0.3 is 4.74 Å². The lowest BCUT2D eigenvalue weighted by Crippen LogP contribution is -1.97. The first-order valence-electron chi connectivity index (χ1n) is 9.33. The number of methoxy groups -OCH3 is 1. The number of pyridine rings is 1. The van der Waals surface area contributed by atoms with Crippen LogP contribution in [0.4, 0.5) is 0 Å². The summed E-state index contributed by atoms with van der Waals surface area (Å²) in [6.07, 6.45) is 6.04. The highest BCUT2D eigenvalue weighted by Gasteiger charge is 2.41. The van der Waals surface area contributed by atoms with Gasteiger partial charge in [0.05, 0.1) is 16.9 Å². The van der Waals surface area contributed by atoms with E-state index in [0.29, 0.717) is 11.8 Å². The van der Waals surface area contributed by atoms with Crippen LogP contribution in [0.1, 0.15) is 41.3 Å². The molecule has 3 aromatic rings. The zero-order chi connectivity index (χ0) is 18.6. The lowest BCUT2D eigenvalue weighted by atomic mass is 10.1. The van der Waals surface area contributed by atoms with Crippen LogP contribution in [-0.4, -0.2) is 28.5 Å². The van der Waals surface area contributed by atoms with Crippen molar-refractivity contribution in [3.05, 3.63) is 77.4 Å². The Labute approximate surface area is 160 Å². The highest BCUT2D eigenvalue weighted by molar-refractivity contribution is 5.46. The topological polar surface area (TPSA) is 39.9 Å². The fraction of sp³-hybridized carbons (Fsp3) is 0.304. The normalized spacial score (nSPS) is 18.0. The summed E-state index contributed by atoms with van der Waals surface area (Å²) in [7, 11) is 1.76. The van der Waals surface area contributed by atoms with E-state index < -0.39 is 0 Å². The molecule has 1 fully saturated rings. The summed E-state index contributed by atoms with van der Waals surface area (Å²) in [5, 5.41) is 4.90. The van der Waals surface area contributed by atoms with Crippen LogP contribution in [0.5, 0.6) is 0 Å². The number of ether oxygens (including phenoxy) is 1. The van der Waals surface area contributed by atoms with Crippen molar-refractivity contribution >= 4 is 0 Å². The van der Waals surface area contributed by atoms with E-state index >= 15 is 0 Å². The Hall–Kier alpha value is -2.90. The van der Waals surface area contributed by atoms with E-state index in [2.05, 4.69) is 48.0 Å². The van der Waals surface area contributed by atoms with Crippen molar-refractivity contribution < 1.29 is 4.74 Å². The summed E-state index contributed by atoms with van der Waals surface area (Å²) in [6, 6.07) is 14.2. The van der Waals surface area contributed by atoms with Crippen molar-refractivity contribution in [1.82, 2.24) is 14.8 Å². The van der Waals surface area contributed by atoms with Crippen molar-refractivity contribution in [3.63, 3.8) is 0 Å². The Balaban J connectivity index is 1.66.